The molecule has 0 unspecified atom stereocenters. The van der Waals surface area contributed by atoms with Gasteiger partial charge in [-0.05, 0) is 19.3 Å². The van der Waals surface area contributed by atoms with Crippen molar-refractivity contribution in [3.63, 3.8) is 0 Å². The highest BCUT2D eigenvalue weighted by atomic mass is 32.1. The molecule has 82 valence electrons. The zero-order valence-electron chi connectivity index (χ0n) is 8.53. The molecule has 3 N–H and O–H groups in total. The maximum Gasteiger partial charge on any atom is 0.220 e. The highest BCUT2D eigenvalue weighted by Gasteiger charge is 2.22. The lowest BCUT2D eigenvalue weighted by Gasteiger charge is -2.00. The van der Waals surface area contributed by atoms with E-state index in [4.69, 9.17) is 5.73 Å². The summed E-state index contributed by atoms with van der Waals surface area (Å²) in [6.07, 6.45) is 3.53. The van der Waals surface area contributed by atoms with Gasteiger partial charge in [0.2, 0.25) is 5.91 Å². The molecular weight excluding hydrogens is 210 g/mol. The number of nitrogens with two attached hydrogens (primary N) is 1. The molecule has 0 aromatic carbocycles. The van der Waals surface area contributed by atoms with Crippen LogP contribution >= 0.6 is 11.3 Å². The summed E-state index contributed by atoms with van der Waals surface area (Å²) < 4.78 is 0. The second-order valence-corrected chi connectivity index (χ2v) is 4.72. The molecule has 1 saturated carbocycles. The van der Waals surface area contributed by atoms with Crippen LogP contribution in [0.15, 0.2) is 5.38 Å². The van der Waals surface area contributed by atoms with Crippen molar-refractivity contribution in [3.05, 3.63) is 16.1 Å². The molecule has 1 amide bonds. The molecule has 0 atom stereocenters. The predicted molar refractivity (Wildman–Crippen MR) is 59.5 cm³/mol. The molecule has 1 aromatic heterocycles. The minimum atomic E-state index is 0.139. The Morgan fingerprint density at radius 3 is 3.07 bits per heavy atom. The van der Waals surface area contributed by atoms with Crippen molar-refractivity contribution in [3.8, 4) is 0 Å². The van der Waals surface area contributed by atoms with E-state index in [2.05, 4.69) is 10.3 Å². The number of aryl methyl sites for hydroxylation is 1. The monoisotopic (exact) mass is 225 g/mol. The van der Waals surface area contributed by atoms with Crippen molar-refractivity contribution in [2.45, 2.75) is 38.3 Å². The Labute approximate surface area is 92.9 Å². The molecule has 0 spiro atoms. The predicted octanol–water partition coefficient (Wildman–Crippen LogP) is 0.813. The van der Waals surface area contributed by atoms with E-state index in [9.17, 15) is 4.79 Å². The van der Waals surface area contributed by atoms with Crippen LogP contribution in [-0.4, -0.2) is 16.9 Å². The van der Waals surface area contributed by atoms with Gasteiger partial charge in [0.25, 0.3) is 0 Å². The number of thiazole rings is 1. The van der Waals surface area contributed by atoms with Crippen molar-refractivity contribution in [1.29, 1.82) is 0 Å². The van der Waals surface area contributed by atoms with Gasteiger partial charge in [0.05, 0.1) is 5.69 Å². The topological polar surface area (TPSA) is 68.0 Å². The molecule has 15 heavy (non-hydrogen) atoms. The van der Waals surface area contributed by atoms with Gasteiger partial charge in [0.15, 0.2) is 0 Å². The zero-order valence-corrected chi connectivity index (χ0v) is 9.35. The number of hydrogen-bond acceptors (Lipinski definition) is 4. The van der Waals surface area contributed by atoms with Gasteiger partial charge in [-0.25, -0.2) is 4.98 Å². The van der Waals surface area contributed by atoms with E-state index in [1.165, 1.54) is 0 Å². The van der Waals surface area contributed by atoms with Crippen LogP contribution in [0.3, 0.4) is 0 Å². The first-order chi connectivity index (χ1) is 7.28. The highest BCUT2D eigenvalue weighted by molar-refractivity contribution is 7.09. The van der Waals surface area contributed by atoms with Crippen LogP contribution in [0.25, 0.3) is 0 Å². The van der Waals surface area contributed by atoms with Gasteiger partial charge in [0.1, 0.15) is 5.01 Å². The average Bonchev–Trinajstić information content (AvgIpc) is 2.92. The summed E-state index contributed by atoms with van der Waals surface area (Å²) >= 11 is 1.56. The molecule has 1 aromatic rings. The first kappa shape index (κ1) is 10.6. The van der Waals surface area contributed by atoms with Crippen LogP contribution in [0.5, 0.6) is 0 Å². The molecule has 0 bridgehead atoms. The summed E-state index contributed by atoms with van der Waals surface area (Å²) in [5.74, 6) is 0.139. The molecule has 4 nitrogen and oxygen atoms in total. The maximum atomic E-state index is 11.4. The lowest BCUT2D eigenvalue weighted by atomic mass is 10.2. The first-order valence-corrected chi connectivity index (χ1v) is 6.08. The van der Waals surface area contributed by atoms with Crippen LogP contribution < -0.4 is 11.1 Å². The van der Waals surface area contributed by atoms with Gasteiger partial charge in [-0.3, -0.25) is 4.79 Å². The third-order valence-corrected chi connectivity index (χ3v) is 3.24. The fourth-order valence-electron chi connectivity index (χ4n) is 1.33. The third kappa shape index (κ3) is 3.28. The van der Waals surface area contributed by atoms with Crippen molar-refractivity contribution < 1.29 is 4.79 Å². The van der Waals surface area contributed by atoms with E-state index < -0.39 is 0 Å². The number of amides is 1. The molecule has 0 saturated heterocycles. The Kier molecular flexibility index (Phi) is 3.33. The molecule has 1 fully saturated rings. The minimum Gasteiger partial charge on any atom is -0.353 e. The zero-order chi connectivity index (χ0) is 10.7. The van der Waals surface area contributed by atoms with Crippen LogP contribution in [-0.2, 0) is 17.8 Å². The Hall–Kier alpha value is -0.940. The normalized spacial score (nSPS) is 15.3. The fraction of sp³-hybridized carbons (Fsp3) is 0.600. The van der Waals surface area contributed by atoms with Crippen LogP contribution in [0.1, 0.15) is 30.0 Å². The Morgan fingerprint density at radius 1 is 1.67 bits per heavy atom. The maximum absolute atomic E-state index is 11.4. The van der Waals surface area contributed by atoms with E-state index in [0.29, 0.717) is 19.0 Å². The quantitative estimate of drug-likeness (QED) is 0.779. The first-order valence-electron chi connectivity index (χ1n) is 5.20. The van der Waals surface area contributed by atoms with E-state index in [1.807, 2.05) is 5.38 Å². The summed E-state index contributed by atoms with van der Waals surface area (Å²) in [6.45, 7) is 0.485. The van der Waals surface area contributed by atoms with Gasteiger partial charge >= 0.3 is 0 Å². The lowest BCUT2D eigenvalue weighted by Crippen LogP contribution is -2.25. The van der Waals surface area contributed by atoms with Crippen LogP contribution in [0.4, 0.5) is 0 Å². The summed E-state index contributed by atoms with van der Waals surface area (Å²) in [4.78, 5) is 15.7. The molecule has 1 aliphatic rings. The third-order valence-electron chi connectivity index (χ3n) is 2.32. The van der Waals surface area contributed by atoms with E-state index in [-0.39, 0.29) is 5.91 Å². The summed E-state index contributed by atoms with van der Waals surface area (Å²) in [5, 5.41) is 5.87. The molecule has 5 heteroatoms. The number of aromatic nitrogens is 1. The van der Waals surface area contributed by atoms with Gasteiger partial charge in [-0.2, -0.15) is 0 Å². The van der Waals surface area contributed by atoms with Crippen molar-refractivity contribution in [1.82, 2.24) is 10.3 Å². The lowest BCUT2D eigenvalue weighted by molar-refractivity contribution is -0.121. The van der Waals surface area contributed by atoms with E-state index in [1.54, 1.807) is 11.3 Å². The van der Waals surface area contributed by atoms with Crippen molar-refractivity contribution in [2.24, 2.45) is 5.73 Å². The van der Waals surface area contributed by atoms with Gasteiger partial charge < -0.3 is 11.1 Å². The molecule has 1 heterocycles. The van der Waals surface area contributed by atoms with Gasteiger partial charge in [-0.1, -0.05) is 0 Å². The largest absolute Gasteiger partial charge is 0.353 e. The van der Waals surface area contributed by atoms with Crippen molar-refractivity contribution >= 4 is 17.2 Å². The molecule has 0 aliphatic heterocycles. The Balaban J connectivity index is 1.73. The number of rotatable bonds is 5. The van der Waals surface area contributed by atoms with E-state index >= 15 is 0 Å². The standard InChI is InChI=1S/C10H15N3OS/c11-5-10-13-8(6-15-10)3-4-9(14)12-7-1-2-7/h6-7H,1-5,11H2,(H,12,14). The number of nitrogens with one attached hydrogen (secondary N) is 1. The fourth-order valence-corrected chi connectivity index (χ4v) is 2.04. The second kappa shape index (κ2) is 4.72. The molecule has 0 radical (unpaired) electrons. The van der Waals surface area contributed by atoms with Crippen LogP contribution in [0.2, 0.25) is 0 Å². The highest BCUT2D eigenvalue weighted by Crippen LogP contribution is 2.19. The van der Waals surface area contributed by atoms with E-state index in [0.717, 1.165) is 30.0 Å². The molecular formula is C10H15N3OS. The van der Waals surface area contributed by atoms with Gasteiger partial charge in [0, 0.05) is 24.4 Å². The minimum absolute atomic E-state index is 0.139. The summed E-state index contributed by atoms with van der Waals surface area (Å²) in [7, 11) is 0. The molecule has 1 aliphatic carbocycles. The van der Waals surface area contributed by atoms with Crippen LogP contribution in [0, 0.1) is 0 Å². The SMILES string of the molecule is NCc1nc(CCC(=O)NC2CC2)cs1. The van der Waals surface area contributed by atoms with Crippen molar-refractivity contribution in [2.75, 3.05) is 0 Å². The average molecular weight is 225 g/mol. The van der Waals surface area contributed by atoms with Gasteiger partial charge in [-0.15, -0.1) is 11.3 Å². The number of nitrogens with zero attached hydrogens (tertiary/aromatic N) is 1. The number of carbonyl (C=O) groups is 1. The summed E-state index contributed by atoms with van der Waals surface area (Å²) in [6, 6.07) is 0.451. The Morgan fingerprint density at radius 2 is 2.47 bits per heavy atom. The second-order valence-electron chi connectivity index (χ2n) is 3.78. The summed E-state index contributed by atoms with van der Waals surface area (Å²) in [5.41, 5.74) is 6.44. The molecule has 2 rings (SSSR count). The number of hydrogen-bond donors (Lipinski definition) is 2. The number of carbonyl (C=O) groups excluding carboxylic acids is 1. The Bertz CT molecular complexity index is 346. The smallest absolute Gasteiger partial charge is 0.220 e.